The summed E-state index contributed by atoms with van der Waals surface area (Å²) in [6.45, 7) is 5.78. The molecule has 0 radical (unpaired) electrons. The quantitative estimate of drug-likeness (QED) is 0.00388. The zero-order valence-electron chi connectivity index (χ0n) is 67.0. The number of thiazole rings is 2. The molecule has 5 aromatic carbocycles. The van der Waals surface area contributed by atoms with Crippen LogP contribution in [0.15, 0.2) is 206 Å². The molecule has 0 bridgehead atoms. The molecule has 17 rings (SSSR count). The van der Waals surface area contributed by atoms with Crippen molar-refractivity contribution < 1.29 is 70.4 Å². The molecular formula is C81H66AlBr2Cl4F4N21O14S3. The van der Waals surface area contributed by atoms with E-state index >= 15 is 0 Å². The van der Waals surface area contributed by atoms with Gasteiger partial charge in [-0.1, -0.05) is 52.6 Å². The number of aromatic amines is 5. The zero-order valence-corrected chi connectivity index (χ0v) is 76.8. The number of nitro benzene ring substituents is 3. The molecule has 0 saturated carbocycles. The lowest BCUT2D eigenvalue weighted by atomic mass is 10.1. The van der Waals surface area contributed by atoms with Gasteiger partial charge in [-0.2, -0.15) is 0 Å². The van der Waals surface area contributed by atoms with E-state index < -0.39 is 49.4 Å². The summed E-state index contributed by atoms with van der Waals surface area (Å²) in [5.74, 6) is -0.651. The first-order valence-electron chi connectivity index (χ1n) is 36.9. The minimum atomic E-state index is -1.72. The molecule has 12 aromatic heterocycles. The van der Waals surface area contributed by atoms with E-state index in [0.29, 0.717) is 129 Å². The number of anilines is 4. The van der Waals surface area contributed by atoms with Crippen LogP contribution in [0.2, 0.25) is 0 Å². The molecule has 0 amide bonds. The number of nitrogen functional groups attached to an aromatic ring is 4. The minimum Gasteiger partial charge on any atom is -0.457 e. The Kier molecular flexibility index (Phi) is 36.9. The topological polar surface area (TPSA) is 552 Å². The van der Waals surface area contributed by atoms with Crippen molar-refractivity contribution in [3.8, 4) is 80.0 Å². The molecule has 0 atom stereocenters. The average Bonchev–Trinajstić information content (AvgIpc) is 1.79. The number of carbonyl (C=O) groups is 3. The number of thiocarbonyl (C=S) groups is 1. The van der Waals surface area contributed by atoms with Gasteiger partial charge in [-0.15, -0.1) is 22.7 Å². The third-order valence-electron chi connectivity index (χ3n) is 16.6. The molecule has 35 nitrogen and oxygen atoms in total. The fraction of sp³-hybridized carbons (Fsp3) is 0.0741. The van der Waals surface area contributed by atoms with Crippen LogP contribution < -0.4 is 58.1 Å². The van der Waals surface area contributed by atoms with Crippen LogP contribution in [0.4, 0.5) is 56.3 Å². The monoisotopic (exact) mass is 2050 g/mol. The molecule has 49 heteroatoms. The van der Waals surface area contributed by atoms with Crippen molar-refractivity contribution in [3.63, 3.8) is 0 Å². The van der Waals surface area contributed by atoms with Crippen LogP contribution >= 0.6 is 108 Å². The molecule has 0 fully saturated rings. The fourth-order valence-corrected chi connectivity index (χ4v) is 12.6. The van der Waals surface area contributed by atoms with Crippen LogP contribution in [-0.2, 0) is 4.79 Å². The summed E-state index contributed by atoms with van der Waals surface area (Å²) in [6, 6.07) is 30.6. The Morgan fingerprint density at radius 3 is 1.13 bits per heavy atom. The third kappa shape index (κ3) is 27.2. The number of alkyl halides is 2. The summed E-state index contributed by atoms with van der Waals surface area (Å²) in [4.78, 5) is 108. The number of aromatic nitrogens is 12. The zero-order chi connectivity index (χ0) is 94.6. The van der Waals surface area contributed by atoms with Gasteiger partial charge < -0.3 is 83.0 Å². The van der Waals surface area contributed by atoms with Gasteiger partial charge in [0.25, 0.3) is 17.1 Å². The SMILES string of the molecule is CC.CCC(=O)c1c[nH]c2nccc(Oc3ccc(N)cc3F)c12.NC(N)=S.Nc1ccc(Oc2ccnc3[nH]cc(-c4csc(N)n4)c23)c(F)c1.Nc1nc(-c2c[nH]c3nccc(Oc4ccc([N+](=O)[O-])cc4F)c23)cs1.O=C(CBr)c1c[nH]c2nccc(Oc3ccc([N+](=O)[O-])cc3F)c12.O=C(Cl)CBr.O=[N+]([O-])c1ccc(Oc2ccnc3[nH]ccc23)cc1.[Cl][Al]([Cl])[Cl]. The highest BCUT2D eigenvalue weighted by molar-refractivity contribution is 9.09. The van der Waals surface area contributed by atoms with Crippen LogP contribution in [-0.4, -0.2) is 119 Å². The number of nitrogens with zero attached hydrogens (tertiary/aromatic N) is 10. The van der Waals surface area contributed by atoms with Crippen LogP contribution in [0.1, 0.15) is 47.9 Å². The normalized spacial score (nSPS) is 10.3. The molecule has 0 spiro atoms. The van der Waals surface area contributed by atoms with Gasteiger partial charge >= 0.3 is 11.4 Å². The van der Waals surface area contributed by atoms with Gasteiger partial charge in [0.05, 0.1) is 75.9 Å². The Hall–Kier alpha value is -13.7. The van der Waals surface area contributed by atoms with Gasteiger partial charge in [-0.25, -0.2) is 82.6 Å². The van der Waals surface area contributed by atoms with Gasteiger partial charge in [0.15, 0.2) is 73.2 Å². The van der Waals surface area contributed by atoms with E-state index in [-0.39, 0.29) is 78.4 Å². The number of rotatable bonds is 20. The van der Waals surface area contributed by atoms with Crippen molar-refractivity contribution in [2.45, 2.75) is 27.2 Å². The Balaban J connectivity index is 0.000000176. The second kappa shape index (κ2) is 47.9. The molecule has 12 heterocycles. The number of benzene rings is 5. The van der Waals surface area contributed by atoms with Gasteiger partial charge in [0.2, 0.25) is 5.24 Å². The standard InChI is InChI=1S/C16H10FN5O3S.C16H12FN5OS.C16H14FN3O2.C15H9BrFN3O4.C13H9N3O3.C2H2BrClO.C2H6.CH4N2S.Al.3ClH/c17-10-5-8(22(23)24)1-2-12(10)25-13-3-4-19-15-14(13)9(6-20-15)11-7-26-16(18)21-11;17-10-5-8(18)1-2-12(10)23-13-3-4-20-15-14(13)9(6-21-15)11-7-24-16(19)22-11;1-2-12(21)10-8-20-16-15(10)14(5-6-19-16)22-13-4-3-9(18)7-11(13)17;16-6-11(21)9-7-19-15-14(9)13(3-4-18-15)24-12-2-1-8(20(22)23)5-10(12)17;17-16(18)9-1-3-10(4-2-9)19-12-6-8-15-13-11(12)5-7-14-13;3-1-2(4)5;1-2;2-1(3)4;;;;/h1-7H,(H2,18,21)(H,19,20);1-7H,18H2,(H2,19,22)(H,20,21);3-8H,2,18H2,1H3,(H,19,20);1-5,7H,6H2,(H,18,19);1-8H,(H,14,15);1H2;1-2H3;(H4,2,3,4);;3*1H/q;;;;;;;;+3;;;/p-3. The summed E-state index contributed by atoms with van der Waals surface area (Å²) in [6.07, 6.45) is 16.4. The van der Waals surface area contributed by atoms with Crippen molar-refractivity contribution >= 4 is 236 Å². The lowest BCUT2D eigenvalue weighted by Crippen LogP contribution is -2.18. The summed E-state index contributed by atoms with van der Waals surface area (Å²) in [5.41, 5.74) is 38.2. The number of hydrogen-bond donors (Lipinski definition) is 11. The maximum Gasteiger partial charge on any atom is 0.643 e. The predicted octanol–water partition coefficient (Wildman–Crippen LogP) is 21.9. The summed E-state index contributed by atoms with van der Waals surface area (Å²) in [5, 5.41) is 39.6. The molecule has 130 heavy (non-hydrogen) atoms. The Labute approximate surface area is 782 Å². The van der Waals surface area contributed by atoms with Gasteiger partial charge in [0.1, 0.15) is 62.7 Å². The molecule has 0 aliphatic heterocycles. The maximum atomic E-state index is 14.2. The van der Waals surface area contributed by atoms with E-state index in [1.807, 2.05) is 25.3 Å². The average molecular weight is 2060 g/mol. The highest BCUT2D eigenvalue weighted by Crippen LogP contribution is 2.42. The number of H-pyrrole nitrogens is 5. The van der Waals surface area contributed by atoms with Crippen LogP contribution in [0.3, 0.4) is 0 Å². The lowest BCUT2D eigenvalue weighted by Gasteiger charge is -2.09. The molecule has 17 N–H and O–H groups in total. The molecule has 17 aromatic rings. The number of Topliss-reactive ketones (excluding diaryl/α,β-unsaturated/α-hetero) is 2. The number of ketones is 2. The Bertz CT molecular complexity index is 6900. The largest absolute Gasteiger partial charge is 0.643 e. The van der Waals surface area contributed by atoms with Gasteiger partial charge in [0, 0.05) is 149 Å². The summed E-state index contributed by atoms with van der Waals surface area (Å²) >= 11 is 15.7. The van der Waals surface area contributed by atoms with E-state index in [1.165, 1.54) is 108 Å². The maximum absolute atomic E-state index is 14.2. The first-order chi connectivity index (χ1) is 62.2. The van der Waals surface area contributed by atoms with Crippen molar-refractivity contribution in [2.24, 2.45) is 11.5 Å². The lowest BCUT2D eigenvalue weighted by molar-refractivity contribution is -0.385. The number of halogens is 10. The van der Waals surface area contributed by atoms with E-state index in [4.69, 9.17) is 88.4 Å². The number of nitrogens with one attached hydrogen (secondary N) is 5. The number of ether oxygens (including phenoxy) is 5. The van der Waals surface area contributed by atoms with Gasteiger partial charge in [-0.05, 0) is 109 Å². The summed E-state index contributed by atoms with van der Waals surface area (Å²) < 4.78 is 84.4. The highest BCUT2D eigenvalue weighted by atomic mass is 79.9. The van der Waals surface area contributed by atoms with Crippen LogP contribution in [0, 0.1) is 53.6 Å². The number of non-ortho nitro benzene ring substituents is 3. The molecular weight excluding hydrogens is 1990 g/mol. The highest BCUT2D eigenvalue weighted by Gasteiger charge is 2.24. The fourth-order valence-electron chi connectivity index (χ4n) is 11.2. The predicted molar refractivity (Wildman–Crippen MR) is 506 cm³/mol. The number of nitrogens with two attached hydrogens (primary N) is 6. The minimum absolute atomic E-state index is 0.000000000000000222. The second-order valence-electron chi connectivity index (χ2n) is 25.0. The summed E-state index contributed by atoms with van der Waals surface area (Å²) in [7, 11) is 14.8. The number of pyridine rings is 5. The van der Waals surface area contributed by atoms with Crippen LogP contribution in [0.5, 0.6) is 57.5 Å². The molecule has 0 saturated heterocycles. The molecule has 0 aliphatic carbocycles. The van der Waals surface area contributed by atoms with Crippen molar-refractivity contribution in [3.05, 3.63) is 271 Å². The Morgan fingerprint density at radius 1 is 0.462 bits per heavy atom. The number of hydrogen-bond acceptors (Lipinski definition) is 28. The van der Waals surface area contributed by atoms with Crippen molar-refractivity contribution in [2.75, 3.05) is 33.6 Å². The van der Waals surface area contributed by atoms with E-state index in [1.54, 1.807) is 98.0 Å². The van der Waals surface area contributed by atoms with Crippen LogP contribution in [0.25, 0.3) is 77.7 Å². The first kappa shape index (κ1) is 100. The van der Waals surface area contributed by atoms with E-state index in [9.17, 15) is 62.3 Å². The third-order valence-corrected chi connectivity index (χ3v) is 19.4. The number of carbonyl (C=O) groups excluding carboxylic acids is 3. The van der Waals surface area contributed by atoms with Crippen molar-refractivity contribution in [1.29, 1.82) is 0 Å². The smallest absolute Gasteiger partial charge is 0.457 e. The number of fused-ring (bicyclic) bond motifs is 5. The first-order valence-corrected chi connectivity index (χ1v) is 46.9. The van der Waals surface area contributed by atoms with Gasteiger partial charge in [-0.3, -0.25) is 44.7 Å². The van der Waals surface area contributed by atoms with Crippen molar-refractivity contribution in [1.82, 2.24) is 59.8 Å². The Morgan fingerprint density at radius 2 is 0.792 bits per heavy atom. The molecule has 670 valence electrons. The van der Waals surface area contributed by atoms with E-state index in [2.05, 4.69) is 115 Å². The molecule has 0 unspecified atom stereocenters. The second-order valence-corrected chi connectivity index (χ2v) is 35.2. The van der Waals surface area contributed by atoms with E-state index in [0.717, 1.165) is 34.8 Å². The molecule has 0 aliphatic rings. The number of nitro groups is 3.